The van der Waals surface area contributed by atoms with Crippen molar-refractivity contribution in [1.29, 1.82) is 0 Å². The van der Waals surface area contributed by atoms with Gasteiger partial charge in [-0.2, -0.15) is 0 Å². The van der Waals surface area contributed by atoms with Gasteiger partial charge in [-0.05, 0) is 28.7 Å². The van der Waals surface area contributed by atoms with Gasteiger partial charge in [-0.15, -0.1) is 9.36 Å². The Morgan fingerprint density at radius 1 is 1.04 bits per heavy atom. The summed E-state index contributed by atoms with van der Waals surface area (Å²) in [7, 11) is 4.12. The predicted octanol–water partition coefficient (Wildman–Crippen LogP) is 3.75. The van der Waals surface area contributed by atoms with Gasteiger partial charge in [0.05, 0.1) is 12.4 Å². The molecule has 0 spiro atoms. The molecule has 1 unspecified atom stereocenters. The molecule has 2 heterocycles. The van der Waals surface area contributed by atoms with Gasteiger partial charge < -0.3 is 0 Å². The largest absolute Gasteiger partial charge is 0.233 e. The van der Waals surface area contributed by atoms with Gasteiger partial charge in [-0.3, -0.25) is 0 Å². The minimum Gasteiger partial charge on any atom is -0.233 e. The van der Waals surface area contributed by atoms with Crippen LogP contribution < -0.4 is 4.68 Å². The van der Waals surface area contributed by atoms with Crippen LogP contribution in [0.4, 0.5) is 0 Å². The number of rotatable bonds is 1. The van der Waals surface area contributed by atoms with Crippen molar-refractivity contribution >= 4 is 11.0 Å². The summed E-state index contributed by atoms with van der Waals surface area (Å²) in [6.07, 6.45) is 5.27. The van der Waals surface area contributed by atoms with Crippen LogP contribution in [0, 0.1) is 0 Å². The van der Waals surface area contributed by atoms with E-state index in [4.69, 9.17) is 4.98 Å². The molecule has 2 aromatic heterocycles. The molecule has 3 heteroatoms. The summed E-state index contributed by atoms with van der Waals surface area (Å²) in [5, 5.41) is 1.24. The molecule has 1 aliphatic carbocycles. The van der Waals surface area contributed by atoms with E-state index in [1.807, 2.05) is 0 Å². The molecular weight excluding hydrogens is 306 g/mol. The van der Waals surface area contributed by atoms with Crippen molar-refractivity contribution in [3.8, 4) is 11.1 Å². The van der Waals surface area contributed by atoms with Crippen LogP contribution in [-0.4, -0.2) is 9.67 Å². The van der Waals surface area contributed by atoms with E-state index in [1.165, 1.54) is 33.2 Å². The highest BCUT2D eigenvalue weighted by Gasteiger charge is 2.29. The van der Waals surface area contributed by atoms with E-state index in [1.54, 1.807) is 0 Å². The number of nitrogens with zero attached hydrogens (tertiary/aromatic N) is 3. The van der Waals surface area contributed by atoms with Gasteiger partial charge in [0, 0.05) is 17.7 Å². The summed E-state index contributed by atoms with van der Waals surface area (Å²) >= 11 is 0. The van der Waals surface area contributed by atoms with Gasteiger partial charge in [0.2, 0.25) is 11.8 Å². The number of pyridine rings is 1. The molecule has 0 N–H and O–H groups in total. The Hall–Kier alpha value is -2.94. The Labute approximate surface area is 147 Å². The van der Waals surface area contributed by atoms with Crippen molar-refractivity contribution in [2.24, 2.45) is 14.1 Å². The fraction of sp³-hybridized carbons (Fsp3) is 0.182. The molecule has 0 fully saturated rings. The number of benzene rings is 2. The molecule has 1 atom stereocenters. The second kappa shape index (κ2) is 5.28. The molecule has 4 aromatic rings. The summed E-state index contributed by atoms with van der Waals surface area (Å²) < 4.78 is 4.20. The van der Waals surface area contributed by atoms with Crippen molar-refractivity contribution < 1.29 is 4.68 Å². The van der Waals surface area contributed by atoms with E-state index >= 15 is 0 Å². The summed E-state index contributed by atoms with van der Waals surface area (Å²) in [6.45, 7) is 0. The molecule has 25 heavy (non-hydrogen) atoms. The molecule has 1 aliphatic rings. The molecule has 0 radical (unpaired) electrons. The molecule has 2 aromatic carbocycles. The maximum Gasteiger partial charge on any atom is 0.205 e. The maximum atomic E-state index is 4.76. The Bertz CT molecular complexity index is 1090. The Balaban J connectivity index is 1.81. The van der Waals surface area contributed by atoms with E-state index in [9.17, 15) is 0 Å². The average Bonchev–Trinajstić information content (AvgIpc) is 2.96. The molecule has 122 valence electrons. The first-order chi connectivity index (χ1) is 12.2. The van der Waals surface area contributed by atoms with Gasteiger partial charge >= 0.3 is 0 Å². The quantitative estimate of drug-likeness (QED) is 0.488. The van der Waals surface area contributed by atoms with Crippen LogP contribution in [0.2, 0.25) is 0 Å². The predicted molar refractivity (Wildman–Crippen MR) is 99.3 cm³/mol. The average molecular weight is 326 g/mol. The number of aryl methyl sites for hydroxylation is 2. The number of hydrogen-bond acceptors (Lipinski definition) is 1. The highest BCUT2D eigenvalue weighted by atomic mass is 15.4. The summed E-state index contributed by atoms with van der Waals surface area (Å²) in [4.78, 5) is 4.76. The van der Waals surface area contributed by atoms with Gasteiger partial charge in [0.25, 0.3) is 0 Å². The van der Waals surface area contributed by atoms with Gasteiger partial charge in [-0.25, -0.2) is 4.98 Å². The normalized spacial score (nSPS) is 15.8. The zero-order valence-electron chi connectivity index (χ0n) is 14.5. The molecule has 3 nitrogen and oxygen atoms in total. The van der Waals surface area contributed by atoms with Crippen LogP contribution in [0.5, 0.6) is 0 Å². The van der Waals surface area contributed by atoms with Crippen LogP contribution >= 0.6 is 0 Å². The van der Waals surface area contributed by atoms with E-state index in [0.29, 0.717) is 5.92 Å². The lowest BCUT2D eigenvalue weighted by atomic mass is 9.75. The lowest BCUT2D eigenvalue weighted by Crippen LogP contribution is -2.36. The monoisotopic (exact) mass is 326 g/mol. The lowest BCUT2D eigenvalue weighted by molar-refractivity contribution is -0.748. The molecule has 0 saturated carbocycles. The van der Waals surface area contributed by atoms with Crippen LogP contribution in [0.3, 0.4) is 0 Å². The highest BCUT2D eigenvalue weighted by molar-refractivity contribution is 5.96. The standard InChI is InChI=1S/C22H20N3/c1-24-14-20-21-16(13-23-22(20)25(24)2)12-19(15-8-4-3-5-9-15)17-10-6-7-11-18(17)21/h3-11,13-14,19H,12H2,1-2H3/q+1. The Morgan fingerprint density at radius 3 is 2.64 bits per heavy atom. The maximum absolute atomic E-state index is 4.76. The van der Waals surface area contributed by atoms with Crippen molar-refractivity contribution in [3.63, 3.8) is 0 Å². The second-order valence-corrected chi connectivity index (χ2v) is 6.88. The van der Waals surface area contributed by atoms with Crippen LogP contribution in [-0.2, 0) is 20.5 Å². The molecule has 0 saturated heterocycles. The summed E-state index contributed by atoms with van der Waals surface area (Å²) in [5.74, 6) is 0.390. The topological polar surface area (TPSA) is 21.7 Å². The van der Waals surface area contributed by atoms with Gasteiger partial charge in [0.15, 0.2) is 7.05 Å². The fourth-order valence-corrected chi connectivity index (χ4v) is 4.17. The zero-order valence-corrected chi connectivity index (χ0v) is 14.5. The smallest absolute Gasteiger partial charge is 0.205 e. The van der Waals surface area contributed by atoms with Gasteiger partial charge in [0.1, 0.15) is 0 Å². The minimum absolute atomic E-state index is 0.390. The molecule has 0 amide bonds. The first-order valence-corrected chi connectivity index (χ1v) is 8.71. The Kier molecular flexibility index (Phi) is 3.04. The zero-order chi connectivity index (χ0) is 17.0. The third-order valence-electron chi connectivity index (χ3n) is 5.50. The number of aromatic nitrogens is 3. The first-order valence-electron chi connectivity index (χ1n) is 8.71. The SMILES string of the molecule is Cn1c2ncc3c(c2c[n+]1C)-c1ccccc1C(c1ccccc1)C3. The number of fused-ring (bicyclic) bond motifs is 5. The van der Waals surface area contributed by atoms with Crippen molar-refractivity contribution in [3.05, 3.63) is 83.7 Å². The van der Waals surface area contributed by atoms with Crippen LogP contribution in [0.15, 0.2) is 67.0 Å². The van der Waals surface area contributed by atoms with Crippen LogP contribution in [0.1, 0.15) is 22.6 Å². The second-order valence-electron chi connectivity index (χ2n) is 6.88. The molecule has 0 aliphatic heterocycles. The minimum atomic E-state index is 0.390. The lowest BCUT2D eigenvalue weighted by Gasteiger charge is -2.28. The highest BCUT2D eigenvalue weighted by Crippen LogP contribution is 2.44. The summed E-state index contributed by atoms with van der Waals surface area (Å²) in [6, 6.07) is 19.7. The van der Waals surface area contributed by atoms with Gasteiger partial charge in [-0.1, -0.05) is 54.6 Å². The van der Waals surface area contributed by atoms with E-state index < -0.39 is 0 Å². The van der Waals surface area contributed by atoms with Crippen LogP contribution in [0.25, 0.3) is 22.2 Å². The number of hydrogen-bond donors (Lipinski definition) is 0. The third kappa shape index (κ3) is 2.05. The van der Waals surface area contributed by atoms with Crippen molar-refractivity contribution in [2.45, 2.75) is 12.3 Å². The molecule has 5 rings (SSSR count). The summed E-state index contributed by atoms with van der Waals surface area (Å²) in [5.41, 5.74) is 7.86. The first kappa shape index (κ1) is 14.4. The van der Waals surface area contributed by atoms with E-state index in [0.717, 1.165) is 12.1 Å². The third-order valence-corrected chi connectivity index (χ3v) is 5.50. The van der Waals surface area contributed by atoms with Crippen molar-refractivity contribution in [2.75, 3.05) is 0 Å². The van der Waals surface area contributed by atoms with E-state index in [-0.39, 0.29) is 0 Å². The Morgan fingerprint density at radius 2 is 1.80 bits per heavy atom. The fourth-order valence-electron chi connectivity index (χ4n) is 4.17. The van der Waals surface area contributed by atoms with Crippen molar-refractivity contribution in [1.82, 2.24) is 9.67 Å². The molecule has 0 bridgehead atoms. The molecular formula is C22H20N3+. The van der Waals surface area contributed by atoms with E-state index in [2.05, 4.69) is 90.4 Å².